The number of aryl methyl sites for hydroxylation is 1. The van der Waals surface area contributed by atoms with Crippen molar-refractivity contribution in [3.63, 3.8) is 0 Å². The molecule has 0 saturated carbocycles. The van der Waals surface area contributed by atoms with Crippen LogP contribution in [0.5, 0.6) is 5.75 Å². The quantitative estimate of drug-likeness (QED) is 0.588. The summed E-state index contributed by atoms with van der Waals surface area (Å²) >= 11 is 1.11. The fraction of sp³-hybridized carbons (Fsp3) is 0.300. The SMILES string of the molecule is COc1ccc(C)cc1NC(=O)Nc1ccc2nc(S(=O)(=O)CC(C)C)sc2c1. The molecule has 0 unspecified atom stereocenters. The Bertz CT molecular complexity index is 1150. The standard InChI is InChI=1S/C20H23N3O4S2/c1-12(2)11-29(25,26)20-23-15-7-6-14(10-18(15)28-20)21-19(24)22-16-9-13(3)5-8-17(16)27-4/h5-10,12H,11H2,1-4H3,(H2,21,22,24). The zero-order valence-electron chi connectivity index (χ0n) is 16.6. The summed E-state index contributed by atoms with van der Waals surface area (Å²) in [6.07, 6.45) is 0. The number of nitrogens with zero attached hydrogens (tertiary/aromatic N) is 1. The van der Waals surface area contributed by atoms with E-state index >= 15 is 0 Å². The lowest BCUT2D eigenvalue weighted by Gasteiger charge is -2.12. The molecule has 1 aromatic heterocycles. The number of ether oxygens (including phenoxy) is 1. The number of methoxy groups -OCH3 is 1. The minimum absolute atomic E-state index is 0.0200. The third-order valence-electron chi connectivity index (χ3n) is 4.05. The second-order valence-corrected chi connectivity index (χ2v) is 10.4. The Morgan fingerprint density at radius 1 is 1.17 bits per heavy atom. The van der Waals surface area contributed by atoms with Crippen molar-refractivity contribution in [2.24, 2.45) is 5.92 Å². The Balaban J connectivity index is 1.79. The zero-order chi connectivity index (χ0) is 21.2. The summed E-state index contributed by atoms with van der Waals surface area (Å²) in [6, 6.07) is 10.2. The number of anilines is 2. The number of rotatable bonds is 6. The van der Waals surface area contributed by atoms with Gasteiger partial charge in [-0.05, 0) is 48.7 Å². The van der Waals surface area contributed by atoms with E-state index in [1.807, 2.05) is 32.9 Å². The lowest BCUT2D eigenvalue weighted by Crippen LogP contribution is -2.19. The molecule has 7 nitrogen and oxygen atoms in total. The summed E-state index contributed by atoms with van der Waals surface area (Å²) in [7, 11) is -1.88. The van der Waals surface area contributed by atoms with Gasteiger partial charge in [0.15, 0.2) is 0 Å². The Hall–Kier alpha value is -2.65. The molecule has 3 rings (SSSR count). The number of urea groups is 1. The molecule has 1 heterocycles. The molecule has 0 atom stereocenters. The number of thiazole rings is 1. The van der Waals surface area contributed by atoms with E-state index < -0.39 is 15.9 Å². The Morgan fingerprint density at radius 3 is 2.62 bits per heavy atom. The average Bonchev–Trinajstić information content (AvgIpc) is 3.05. The van der Waals surface area contributed by atoms with E-state index in [0.717, 1.165) is 16.9 Å². The number of nitrogens with one attached hydrogen (secondary N) is 2. The maximum atomic E-state index is 12.4. The van der Waals surface area contributed by atoms with E-state index in [-0.39, 0.29) is 16.0 Å². The number of amides is 2. The molecule has 0 fully saturated rings. The second kappa shape index (κ2) is 8.38. The molecule has 0 bridgehead atoms. The molecule has 29 heavy (non-hydrogen) atoms. The van der Waals surface area contributed by atoms with Crippen LogP contribution in [0.3, 0.4) is 0 Å². The van der Waals surface area contributed by atoms with Crippen LogP contribution in [0, 0.1) is 12.8 Å². The van der Waals surface area contributed by atoms with E-state index in [2.05, 4.69) is 15.6 Å². The normalized spacial score (nSPS) is 11.6. The summed E-state index contributed by atoms with van der Waals surface area (Å²) in [5.41, 5.74) is 2.68. The molecular formula is C20H23N3O4S2. The van der Waals surface area contributed by atoms with E-state index in [9.17, 15) is 13.2 Å². The van der Waals surface area contributed by atoms with Gasteiger partial charge in [0, 0.05) is 5.69 Å². The summed E-state index contributed by atoms with van der Waals surface area (Å²) in [5, 5.41) is 5.52. The van der Waals surface area contributed by atoms with Gasteiger partial charge in [0.25, 0.3) is 0 Å². The van der Waals surface area contributed by atoms with Gasteiger partial charge in [-0.3, -0.25) is 0 Å². The fourth-order valence-corrected chi connectivity index (χ4v) is 5.80. The van der Waals surface area contributed by atoms with Crippen molar-refractivity contribution in [1.29, 1.82) is 0 Å². The van der Waals surface area contributed by atoms with Crippen molar-refractivity contribution in [2.75, 3.05) is 23.5 Å². The smallest absolute Gasteiger partial charge is 0.323 e. The summed E-state index contributed by atoms with van der Waals surface area (Å²) < 4.78 is 30.9. The van der Waals surface area contributed by atoms with E-state index in [1.165, 1.54) is 7.11 Å². The van der Waals surface area contributed by atoms with Gasteiger partial charge < -0.3 is 15.4 Å². The molecule has 0 radical (unpaired) electrons. The lowest BCUT2D eigenvalue weighted by atomic mass is 10.2. The van der Waals surface area contributed by atoms with Gasteiger partial charge >= 0.3 is 6.03 Å². The minimum atomic E-state index is -3.42. The van der Waals surface area contributed by atoms with Crippen molar-refractivity contribution in [3.05, 3.63) is 42.0 Å². The molecule has 154 valence electrons. The van der Waals surface area contributed by atoms with Gasteiger partial charge in [-0.15, -0.1) is 11.3 Å². The Morgan fingerprint density at radius 2 is 1.93 bits per heavy atom. The van der Waals surface area contributed by atoms with Crippen LogP contribution in [-0.2, 0) is 9.84 Å². The predicted octanol–water partition coefficient (Wildman–Crippen LogP) is 4.69. The molecule has 0 aliphatic rings. The molecule has 0 spiro atoms. The summed E-state index contributed by atoms with van der Waals surface area (Å²) in [5.74, 6) is 0.633. The number of carbonyl (C=O) groups excluding carboxylic acids is 1. The molecule has 2 N–H and O–H groups in total. The average molecular weight is 434 g/mol. The highest BCUT2D eigenvalue weighted by atomic mass is 32.2. The topological polar surface area (TPSA) is 97.4 Å². The van der Waals surface area contributed by atoms with Gasteiger partial charge in [0.2, 0.25) is 14.2 Å². The molecule has 2 aromatic carbocycles. The van der Waals surface area contributed by atoms with Crippen LogP contribution in [0.25, 0.3) is 10.2 Å². The van der Waals surface area contributed by atoms with Crippen molar-refractivity contribution in [2.45, 2.75) is 25.1 Å². The maximum absolute atomic E-state index is 12.4. The lowest BCUT2D eigenvalue weighted by molar-refractivity contribution is 0.262. The molecule has 9 heteroatoms. The Labute approximate surface area is 174 Å². The third-order valence-corrected chi connectivity index (χ3v) is 7.60. The van der Waals surface area contributed by atoms with Crippen molar-refractivity contribution in [3.8, 4) is 5.75 Å². The number of hydrogen-bond acceptors (Lipinski definition) is 6. The first-order chi connectivity index (χ1) is 13.7. The largest absolute Gasteiger partial charge is 0.495 e. The first-order valence-corrected chi connectivity index (χ1v) is 11.5. The first-order valence-electron chi connectivity index (χ1n) is 9.04. The monoisotopic (exact) mass is 433 g/mol. The van der Waals surface area contributed by atoms with E-state index in [1.54, 1.807) is 24.3 Å². The van der Waals surface area contributed by atoms with Crippen molar-refractivity contribution in [1.82, 2.24) is 4.98 Å². The maximum Gasteiger partial charge on any atom is 0.323 e. The number of sulfone groups is 1. The Kier molecular flexibility index (Phi) is 6.09. The van der Waals surface area contributed by atoms with Gasteiger partial charge in [-0.2, -0.15) is 0 Å². The van der Waals surface area contributed by atoms with Crippen molar-refractivity contribution < 1.29 is 17.9 Å². The number of aromatic nitrogens is 1. The zero-order valence-corrected chi connectivity index (χ0v) is 18.3. The number of fused-ring (bicyclic) bond motifs is 1. The third kappa shape index (κ3) is 5.04. The van der Waals surface area contributed by atoms with Crippen LogP contribution in [0.4, 0.5) is 16.2 Å². The second-order valence-electron chi connectivity index (χ2n) is 7.12. The molecule has 0 aliphatic heterocycles. The van der Waals surface area contributed by atoms with Gasteiger partial charge in [0.1, 0.15) is 5.75 Å². The van der Waals surface area contributed by atoms with Crippen LogP contribution in [0.1, 0.15) is 19.4 Å². The number of hydrogen-bond donors (Lipinski definition) is 2. The molecule has 0 aliphatic carbocycles. The fourth-order valence-electron chi connectivity index (χ4n) is 2.83. The highest BCUT2D eigenvalue weighted by Gasteiger charge is 2.21. The van der Waals surface area contributed by atoms with Crippen LogP contribution in [0.15, 0.2) is 40.7 Å². The van der Waals surface area contributed by atoms with E-state index in [0.29, 0.717) is 27.3 Å². The summed E-state index contributed by atoms with van der Waals surface area (Å²) in [6.45, 7) is 5.63. The molecular weight excluding hydrogens is 410 g/mol. The number of carbonyl (C=O) groups is 1. The van der Waals surface area contributed by atoms with Crippen LogP contribution >= 0.6 is 11.3 Å². The molecule has 2 amide bonds. The number of benzene rings is 2. The predicted molar refractivity (Wildman–Crippen MR) is 117 cm³/mol. The van der Waals surface area contributed by atoms with Gasteiger partial charge in [-0.1, -0.05) is 19.9 Å². The van der Waals surface area contributed by atoms with Crippen molar-refractivity contribution >= 4 is 48.8 Å². The van der Waals surface area contributed by atoms with Gasteiger partial charge in [-0.25, -0.2) is 18.2 Å². The minimum Gasteiger partial charge on any atom is -0.495 e. The first kappa shape index (κ1) is 21.1. The van der Waals surface area contributed by atoms with Crippen LogP contribution in [0.2, 0.25) is 0 Å². The summed E-state index contributed by atoms with van der Waals surface area (Å²) in [4.78, 5) is 16.6. The molecule has 3 aromatic rings. The van der Waals surface area contributed by atoms with Crippen LogP contribution < -0.4 is 15.4 Å². The van der Waals surface area contributed by atoms with E-state index in [4.69, 9.17) is 4.74 Å². The molecule has 0 saturated heterocycles. The highest BCUT2D eigenvalue weighted by Crippen LogP contribution is 2.30. The van der Waals surface area contributed by atoms with Gasteiger partial charge in [0.05, 0.1) is 28.8 Å². The highest BCUT2D eigenvalue weighted by molar-refractivity contribution is 7.93. The van der Waals surface area contributed by atoms with Crippen LogP contribution in [-0.4, -0.2) is 32.3 Å².